The molecule has 0 aliphatic heterocycles. The zero-order chi connectivity index (χ0) is 20.2. The van der Waals surface area contributed by atoms with E-state index in [1.54, 1.807) is 36.5 Å². The van der Waals surface area contributed by atoms with Gasteiger partial charge in [0.1, 0.15) is 0 Å². The highest BCUT2D eigenvalue weighted by molar-refractivity contribution is 7.99. The monoisotopic (exact) mass is 403 g/mol. The summed E-state index contributed by atoms with van der Waals surface area (Å²) in [6.07, 6.45) is 3.39. The zero-order valence-electron chi connectivity index (χ0n) is 16.1. The number of pyridine rings is 1. The number of imide groups is 1. The van der Waals surface area contributed by atoms with Crippen molar-refractivity contribution in [3.05, 3.63) is 42.6 Å². The first-order valence-electron chi connectivity index (χ1n) is 9.16. The van der Waals surface area contributed by atoms with E-state index in [0.29, 0.717) is 30.4 Å². The lowest BCUT2D eigenvalue weighted by molar-refractivity contribution is -0.117. The Labute approximate surface area is 169 Å². The number of ether oxygens (including phenoxy) is 2. The van der Waals surface area contributed by atoms with E-state index in [-0.39, 0.29) is 5.75 Å². The Morgan fingerprint density at radius 3 is 2.46 bits per heavy atom. The van der Waals surface area contributed by atoms with E-state index in [1.165, 1.54) is 11.8 Å². The van der Waals surface area contributed by atoms with Crippen LogP contribution < -0.4 is 20.1 Å². The molecule has 1 aromatic heterocycles. The summed E-state index contributed by atoms with van der Waals surface area (Å²) in [4.78, 5) is 28.1. The van der Waals surface area contributed by atoms with Gasteiger partial charge in [-0.3, -0.25) is 10.1 Å². The average Bonchev–Trinajstić information content (AvgIpc) is 2.70. The van der Waals surface area contributed by atoms with E-state index in [9.17, 15) is 9.59 Å². The smallest absolute Gasteiger partial charge is 0.325 e. The van der Waals surface area contributed by atoms with Crippen LogP contribution in [0.4, 0.5) is 10.5 Å². The molecule has 0 aliphatic carbocycles. The van der Waals surface area contributed by atoms with Gasteiger partial charge >= 0.3 is 6.03 Å². The van der Waals surface area contributed by atoms with Crippen LogP contribution in [0, 0.1) is 0 Å². The number of carbonyl (C=O) groups excluding carboxylic acids is 2. The van der Waals surface area contributed by atoms with Crippen molar-refractivity contribution >= 4 is 29.4 Å². The molecule has 8 heteroatoms. The minimum atomic E-state index is -0.602. The molecular weight excluding hydrogens is 378 g/mol. The minimum Gasteiger partial charge on any atom is -0.490 e. The Morgan fingerprint density at radius 1 is 1.04 bits per heavy atom. The van der Waals surface area contributed by atoms with Crippen LogP contribution >= 0.6 is 11.8 Å². The molecule has 0 saturated carbocycles. The first-order valence-corrected chi connectivity index (χ1v) is 10.1. The van der Waals surface area contributed by atoms with Gasteiger partial charge in [-0.05, 0) is 37.1 Å². The summed E-state index contributed by atoms with van der Waals surface area (Å²) in [5.74, 6) is 0.881. The topological polar surface area (TPSA) is 89.6 Å². The summed E-state index contributed by atoms with van der Waals surface area (Å²) < 4.78 is 11.4. The highest BCUT2D eigenvalue weighted by Gasteiger charge is 2.12. The lowest BCUT2D eigenvalue weighted by atomic mass is 10.2. The third-order valence-corrected chi connectivity index (χ3v) is 4.31. The number of benzene rings is 1. The molecule has 3 amide bonds. The molecule has 0 unspecified atom stereocenters. The molecule has 0 radical (unpaired) electrons. The van der Waals surface area contributed by atoms with Crippen LogP contribution in [-0.2, 0) is 4.79 Å². The SMILES string of the molecule is CCCOc1ccc(NC(=O)NC(=O)CSc2ccccn2)cc1OCCC. The van der Waals surface area contributed by atoms with Gasteiger partial charge in [-0.2, -0.15) is 0 Å². The van der Waals surface area contributed by atoms with Crippen LogP contribution in [0.25, 0.3) is 0 Å². The summed E-state index contributed by atoms with van der Waals surface area (Å²) in [5.41, 5.74) is 0.512. The Morgan fingerprint density at radius 2 is 1.79 bits per heavy atom. The van der Waals surface area contributed by atoms with Crippen molar-refractivity contribution in [1.82, 2.24) is 10.3 Å². The van der Waals surface area contributed by atoms with Gasteiger partial charge in [-0.15, -0.1) is 0 Å². The molecule has 0 atom stereocenters. The summed E-state index contributed by atoms with van der Waals surface area (Å²) in [5, 5.41) is 5.66. The second-order valence-corrected chi connectivity index (χ2v) is 6.81. The number of urea groups is 1. The van der Waals surface area contributed by atoms with E-state index in [4.69, 9.17) is 9.47 Å². The number of hydrogen-bond acceptors (Lipinski definition) is 6. The Kier molecular flexibility index (Phi) is 9.14. The van der Waals surface area contributed by atoms with Gasteiger partial charge < -0.3 is 14.8 Å². The molecule has 7 nitrogen and oxygen atoms in total. The van der Waals surface area contributed by atoms with E-state index in [1.807, 2.05) is 19.9 Å². The molecule has 28 heavy (non-hydrogen) atoms. The van der Waals surface area contributed by atoms with Gasteiger partial charge in [0.15, 0.2) is 11.5 Å². The first kappa shape index (κ1) is 21.6. The normalized spacial score (nSPS) is 10.2. The highest BCUT2D eigenvalue weighted by atomic mass is 32.2. The van der Waals surface area contributed by atoms with Crippen LogP contribution in [0.2, 0.25) is 0 Å². The van der Waals surface area contributed by atoms with Crippen LogP contribution in [-0.4, -0.2) is 35.9 Å². The third kappa shape index (κ3) is 7.48. The first-order chi connectivity index (χ1) is 13.6. The zero-order valence-corrected chi connectivity index (χ0v) is 16.9. The summed E-state index contributed by atoms with van der Waals surface area (Å²) >= 11 is 1.26. The molecule has 0 saturated heterocycles. The molecular formula is C20H25N3O4S. The van der Waals surface area contributed by atoms with Crippen molar-refractivity contribution in [3.8, 4) is 11.5 Å². The maximum atomic E-state index is 12.1. The quantitative estimate of drug-likeness (QED) is 0.581. The fourth-order valence-corrected chi connectivity index (χ4v) is 2.80. The number of rotatable bonds is 10. The lowest BCUT2D eigenvalue weighted by Gasteiger charge is -2.14. The van der Waals surface area contributed by atoms with Gasteiger partial charge in [0, 0.05) is 18.0 Å². The van der Waals surface area contributed by atoms with Crippen molar-refractivity contribution in [2.75, 3.05) is 24.3 Å². The number of nitrogens with one attached hydrogen (secondary N) is 2. The van der Waals surface area contributed by atoms with Gasteiger partial charge in [-0.1, -0.05) is 31.7 Å². The van der Waals surface area contributed by atoms with E-state index in [0.717, 1.165) is 17.9 Å². The second-order valence-electron chi connectivity index (χ2n) is 5.82. The number of nitrogens with zero attached hydrogens (tertiary/aromatic N) is 1. The standard InChI is InChI=1S/C20H25N3O4S/c1-3-11-26-16-9-8-15(13-17(16)27-12-4-2)22-20(25)23-18(24)14-28-19-7-5-6-10-21-19/h5-10,13H,3-4,11-12,14H2,1-2H3,(H2,22,23,24,25). The number of amides is 3. The van der Waals surface area contributed by atoms with Crippen LogP contribution in [0.3, 0.4) is 0 Å². The number of carbonyl (C=O) groups is 2. The molecule has 2 aromatic rings. The molecule has 1 aromatic carbocycles. The van der Waals surface area contributed by atoms with Crippen molar-refractivity contribution in [3.63, 3.8) is 0 Å². The molecule has 0 bridgehead atoms. The number of aromatic nitrogens is 1. The lowest BCUT2D eigenvalue weighted by Crippen LogP contribution is -2.35. The molecule has 0 aliphatic rings. The number of anilines is 1. The summed E-state index contributed by atoms with van der Waals surface area (Å²) in [6.45, 7) is 5.16. The van der Waals surface area contributed by atoms with Crippen LogP contribution in [0.1, 0.15) is 26.7 Å². The van der Waals surface area contributed by atoms with Crippen molar-refractivity contribution in [2.24, 2.45) is 0 Å². The summed E-state index contributed by atoms with van der Waals surface area (Å²) in [6, 6.07) is 9.98. The second kappa shape index (κ2) is 11.9. The highest BCUT2D eigenvalue weighted by Crippen LogP contribution is 2.31. The van der Waals surface area contributed by atoms with Crippen LogP contribution in [0.5, 0.6) is 11.5 Å². The molecule has 1 heterocycles. The fourth-order valence-electron chi connectivity index (χ4n) is 2.14. The maximum absolute atomic E-state index is 12.1. The molecule has 2 rings (SSSR count). The van der Waals surface area contributed by atoms with Gasteiger partial charge in [0.2, 0.25) is 5.91 Å². The third-order valence-electron chi connectivity index (χ3n) is 3.37. The number of thioether (sulfide) groups is 1. The Bertz CT molecular complexity index is 771. The summed E-state index contributed by atoms with van der Waals surface area (Å²) in [7, 11) is 0. The fraction of sp³-hybridized carbons (Fsp3) is 0.350. The van der Waals surface area contributed by atoms with Gasteiger partial charge in [0.25, 0.3) is 0 Å². The van der Waals surface area contributed by atoms with Crippen molar-refractivity contribution < 1.29 is 19.1 Å². The largest absolute Gasteiger partial charge is 0.490 e. The minimum absolute atomic E-state index is 0.0963. The maximum Gasteiger partial charge on any atom is 0.325 e. The van der Waals surface area contributed by atoms with E-state index < -0.39 is 11.9 Å². The molecule has 150 valence electrons. The molecule has 0 fully saturated rings. The van der Waals surface area contributed by atoms with E-state index in [2.05, 4.69) is 15.6 Å². The Hall–Kier alpha value is -2.74. The van der Waals surface area contributed by atoms with Gasteiger partial charge in [-0.25, -0.2) is 9.78 Å². The van der Waals surface area contributed by atoms with Gasteiger partial charge in [0.05, 0.1) is 24.0 Å². The van der Waals surface area contributed by atoms with E-state index >= 15 is 0 Å². The van der Waals surface area contributed by atoms with Crippen LogP contribution in [0.15, 0.2) is 47.6 Å². The van der Waals surface area contributed by atoms with Crippen molar-refractivity contribution in [2.45, 2.75) is 31.7 Å². The number of hydrogen-bond donors (Lipinski definition) is 2. The molecule has 2 N–H and O–H groups in total. The predicted molar refractivity (Wildman–Crippen MR) is 110 cm³/mol. The Balaban J connectivity index is 1.89. The average molecular weight is 404 g/mol. The predicted octanol–water partition coefficient (Wildman–Crippen LogP) is 4.10. The molecule has 0 spiro atoms. The van der Waals surface area contributed by atoms with Crippen molar-refractivity contribution in [1.29, 1.82) is 0 Å².